The van der Waals surface area contributed by atoms with Gasteiger partial charge in [0.25, 0.3) is 0 Å². The molecule has 0 atom stereocenters. The van der Waals surface area contributed by atoms with Crippen molar-refractivity contribution in [3.8, 4) is 0 Å². The predicted molar refractivity (Wildman–Crippen MR) is 93.1 cm³/mol. The number of oxazole rings is 1. The van der Waals surface area contributed by atoms with Gasteiger partial charge >= 0.3 is 5.76 Å². The second-order valence-electron chi connectivity index (χ2n) is 6.44. The van der Waals surface area contributed by atoms with E-state index in [1.165, 1.54) is 0 Å². The number of aromatic nitrogens is 1. The normalized spacial score (nSPS) is 15.5. The first-order chi connectivity index (χ1) is 12.0. The SMILES string of the molecule is CC(=O)N1CCC(NC(=O)CCCn2c(=O)oc3ccccc32)CC1. The van der Waals surface area contributed by atoms with E-state index in [0.717, 1.165) is 18.4 Å². The Labute approximate surface area is 145 Å². The van der Waals surface area contributed by atoms with Gasteiger partial charge in [-0.25, -0.2) is 4.79 Å². The summed E-state index contributed by atoms with van der Waals surface area (Å²) in [5.74, 6) is -0.317. The van der Waals surface area contributed by atoms with Gasteiger partial charge in [0.05, 0.1) is 5.52 Å². The van der Waals surface area contributed by atoms with Crippen LogP contribution in [0.5, 0.6) is 0 Å². The highest BCUT2D eigenvalue weighted by atomic mass is 16.4. The summed E-state index contributed by atoms with van der Waals surface area (Å²) in [6.07, 6.45) is 2.51. The Kier molecular flexibility index (Phi) is 5.21. The van der Waals surface area contributed by atoms with Crippen molar-refractivity contribution in [3.63, 3.8) is 0 Å². The van der Waals surface area contributed by atoms with Crippen LogP contribution in [0.25, 0.3) is 11.1 Å². The van der Waals surface area contributed by atoms with Crippen LogP contribution in [-0.4, -0.2) is 40.4 Å². The van der Waals surface area contributed by atoms with E-state index in [4.69, 9.17) is 4.42 Å². The Morgan fingerprint density at radius 2 is 1.96 bits per heavy atom. The van der Waals surface area contributed by atoms with Crippen molar-refractivity contribution in [3.05, 3.63) is 34.8 Å². The van der Waals surface area contributed by atoms with Crippen molar-refractivity contribution < 1.29 is 14.0 Å². The zero-order chi connectivity index (χ0) is 17.8. The molecule has 7 heteroatoms. The third-order valence-corrected chi connectivity index (χ3v) is 4.66. The maximum absolute atomic E-state index is 12.1. The molecule has 3 rings (SSSR count). The molecule has 1 aliphatic heterocycles. The van der Waals surface area contributed by atoms with Crippen LogP contribution in [0.1, 0.15) is 32.6 Å². The van der Waals surface area contributed by atoms with Crippen molar-refractivity contribution in [2.75, 3.05) is 13.1 Å². The van der Waals surface area contributed by atoms with Crippen molar-refractivity contribution in [1.29, 1.82) is 0 Å². The molecule has 134 valence electrons. The Morgan fingerprint density at radius 3 is 2.68 bits per heavy atom. The number of hydrogen-bond acceptors (Lipinski definition) is 4. The lowest BCUT2D eigenvalue weighted by atomic mass is 10.0. The van der Waals surface area contributed by atoms with Gasteiger partial charge in [0, 0.05) is 39.0 Å². The number of benzene rings is 1. The van der Waals surface area contributed by atoms with Crippen LogP contribution in [0.3, 0.4) is 0 Å². The summed E-state index contributed by atoms with van der Waals surface area (Å²) < 4.78 is 6.75. The smallest absolute Gasteiger partial charge is 0.408 e. The molecule has 25 heavy (non-hydrogen) atoms. The molecular weight excluding hydrogens is 322 g/mol. The van der Waals surface area contributed by atoms with Gasteiger partial charge < -0.3 is 14.6 Å². The molecule has 1 fully saturated rings. The summed E-state index contributed by atoms with van der Waals surface area (Å²) in [7, 11) is 0. The molecule has 7 nitrogen and oxygen atoms in total. The van der Waals surface area contributed by atoms with Crippen LogP contribution >= 0.6 is 0 Å². The summed E-state index contributed by atoms with van der Waals surface area (Å²) in [6.45, 7) is 3.40. The van der Waals surface area contributed by atoms with E-state index in [-0.39, 0.29) is 17.9 Å². The fourth-order valence-corrected chi connectivity index (χ4v) is 3.26. The number of fused-ring (bicyclic) bond motifs is 1. The molecule has 0 radical (unpaired) electrons. The topological polar surface area (TPSA) is 84.5 Å². The Bertz CT molecular complexity index is 815. The highest BCUT2D eigenvalue weighted by molar-refractivity contribution is 5.76. The fraction of sp³-hybridized carbons (Fsp3) is 0.500. The van der Waals surface area contributed by atoms with Crippen molar-refractivity contribution >= 4 is 22.9 Å². The molecule has 1 aromatic carbocycles. The Hall–Kier alpha value is -2.57. The molecule has 1 aliphatic rings. The fourth-order valence-electron chi connectivity index (χ4n) is 3.26. The van der Waals surface area contributed by atoms with E-state index in [2.05, 4.69) is 5.32 Å². The first kappa shape index (κ1) is 17.3. The molecule has 0 spiro atoms. The molecule has 1 saturated heterocycles. The lowest BCUT2D eigenvalue weighted by Gasteiger charge is -2.31. The molecule has 1 aromatic heterocycles. The standard InChI is InChI=1S/C18H23N3O4/c1-13(22)20-11-8-14(9-12-20)19-17(23)7-4-10-21-15-5-2-3-6-16(15)25-18(21)24/h2-3,5-6,14H,4,7-12H2,1H3,(H,19,23). The predicted octanol–water partition coefficient (Wildman–Crippen LogP) is 1.50. The van der Waals surface area contributed by atoms with Crippen LogP contribution in [0, 0.1) is 0 Å². The van der Waals surface area contributed by atoms with E-state index >= 15 is 0 Å². The highest BCUT2D eigenvalue weighted by Crippen LogP contribution is 2.13. The average molecular weight is 345 g/mol. The van der Waals surface area contributed by atoms with E-state index < -0.39 is 5.76 Å². The Balaban J connectivity index is 1.46. The second kappa shape index (κ2) is 7.55. The molecule has 1 N–H and O–H groups in total. The number of aryl methyl sites for hydroxylation is 1. The number of piperidine rings is 1. The molecule has 2 heterocycles. The van der Waals surface area contributed by atoms with Gasteiger partial charge in [0.15, 0.2) is 5.58 Å². The molecule has 0 bridgehead atoms. The minimum absolute atomic E-state index is 0.0119. The van der Waals surface area contributed by atoms with Crippen LogP contribution < -0.4 is 11.1 Å². The lowest BCUT2D eigenvalue weighted by molar-refractivity contribution is -0.130. The van der Waals surface area contributed by atoms with Gasteiger partial charge in [-0.05, 0) is 31.4 Å². The number of rotatable bonds is 5. The zero-order valence-electron chi connectivity index (χ0n) is 14.4. The molecular formula is C18H23N3O4. The maximum atomic E-state index is 12.1. The monoisotopic (exact) mass is 345 g/mol. The third-order valence-electron chi connectivity index (χ3n) is 4.66. The number of nitrogens with zero attached hydrogens (tertiary/aromatic N) is 2. The van der Waals surface area contributed by atoms with Crippen LogP contribution in [-0.2, 0) is 16.1 Å². The number of carbonyl (C=O) groups is 2. The van der Waals surface area contributed by atoms with Gasteiger partial charge in [0.2, 0.25) is 11.8 Å². The maximum Gasteiger partial charge on any atom is 0.419 e. The zero-order valence-corrected chi connectivity index (χ0v) is 14.4. The van der Waals surface area contributed by atoms with Crippen molar-refractivity contribution in [2.24, 2.45) is 0 Å². The number of likely N-dealkylation sites (tertiary alicyclic amines) is 1. The molecule has 0 aliphatic carbocycles. The average Bonchev–Trinajstić information content (AvgIpc) is 2.91. The molecule has 0 saturated carbocycles. The summed E-state index contributed by atoms with van der Waals surface area (Å²) >= 11 is 0. The van der Waals surface area contributed by atoms with Crippen molar-refractivity contribution in [1.82, 2.24) is 14.8 Å². The summed E-state index contributed by atoms with van der Waals surface area (Å²) in [4.78, 5) is 37.1. The first-order valence-electron chi connectivity index (χ1n) is 8.68. The third kappa shape index (κ3) is 4.10. The second-order valence-corrected chi connectivity index (χ2v) is 6.44. The van der Waals surface area contributed by atoms with E-state index in [1.807, 2.05) is 18.2 Å². The van der Waals surface area contributed by atoms with Crippen molar-refractivity contribution in [2.45, 2.75) is 45.2 Å². The summed E-state index contributed by atoms with van der Waals surface area (Å²) in [5, 5.41) is 3.02. The van der Waals surface area contributed by atoms with E-state index in [9.17, 15) is 14.4 Å². The van der Waals surface area contributed by atoms with E-state index in [0.29, 0.717) is 38.1 Å². The number of para-hydroxylation sites is 2. The minimum Gasteiger partial charge on any atom is -0.408 e. The lowest BCUT2D eigenvalue weighted by Crippen LogP contribution is -2.46. The molecule has 2 aromatic rings. The van der Waals surface area contributed by atoms with Gasteiger partial charge in [-0.15, -0.1) is 0 Å². The largest absolute Gasteiger partial charge is 0.419 e. The number of nitrogens with one attached hydrogen (secondary N) is 1. The summed E-state index contributed by atoms with van der Waals surface area (Å²) in [6, 6.07) is 7.39. The van der Waals surface area contributed by atoms with Gasteiger partial charge in [0.1, 0.15) is 0 Å². The van der Waals surface area contributed by atoms with Gasteiger partial charge in [-0.2, -0.15) is 0 Å². The summed E-state index contributed by atoms with van der Waals surface area (Å²) in [5.41, 5.74) is 1.32. The van der Waals surface area contributed by atoms with Gasteiger partial charge in [-0.3, -0.25) is 14.2 Å². The van der Waals surface area contributed by atoms with Gasteiger partial charge in [-0.1, -0.05) is 12.1 Å². The number of hydrogen-bond donors (Lipinski definition) is 1. The first-order valence-corrected chi connectivity index (χ1v) is 8.68. The minimum atomic E-state index is -0.391. The quantitative estimate of drug-likeness (QED) is 0.890. The van der Waals surface area contributed by atoms with Crippen LogP contribution in [0.15, 0.2) is 33.5 Å². The molecule has 2 amide bonds. The Morgan fingerprint density at radius 1 is 1.24 bits per heavy atom. The van der Waals surface area contributed by atoms with Crippen LogP contribution in [0.4, 0.5) is 0 Å². The molecule has 0 unspecified atom stereocenters. The number of carbonyl (C=O) groups excluding carboxylic acids is 2. The number of amides is 2. The van der Waals surface area contributed by atoms with E-state index in [1.54, 1.807) is 22.5 Å². The highest BCUT2D eigenvalue weighted by Gasteiger charge is 2.21. The van der Waals surface area contributed by atoms with Crippen LogP contribution in [0.2, 0.25) is 0 Å².